The highest BCUT2D eigenvalue weighted by Gasteiger charge is 2.35. The van der Waals surface area contributed by atoms with Gasteiger partial charge in [0.2, 0.25) is 0 Å². The van der Waals surface area contributed by atoms with Crippen molar-refractivity contribution >= 4 is 63.0 Å². The smallest absolute Gasteiger partial charge is 0.0355 e. The van der Waals surface area contributed by atoms with Gasteiger partial charge in [0.1, 0.15) is 0 Å². The highest BCUT2D eigenvalue weighted by Crippen LogP contribution is 2.51. The van der Waals surface area contributed by atoms with Gasteiger partial charge in [-0.25, -0.2) is 0 Å². The van der Waals surface area contributed by atoms with Crippen LogP contribution in [0.25, 0.3) is 73.7 Å². The lowest BCUT2D eigenvalue weighted by atomic mass is 9.82. The summed E-state index contributed by atoms with van der Waals surface area (Å²) in [6, 6.07) is 45.7. The molecule has 0 bridgehead atoms. The molecular weight excluding hydrogens is 533 g/mol. The third kappa shape index (κ3) is 3.38. The fraction of sp³-hybridized carbons (Fsp3) is 0.0769. The highest BCUT2D eigenvalue weighted by molar-refractivity contribution is 7.26. The maximum Gasteiger partial charge on any atom is 0.0355 e. The number of hydrogen-bond donors (Lipinski definition) is 0. The monoisotopic (exact) mass is 558 g/mol. The van der Waals surface area contributed by atoms with Crippen LogP contribution in [0.4, 0.5) is 0 Å². The van der Waals surface area contributed by atoms with E-state index in [1.54, 1.807) is 0 Å². The largest absolute Gasteiger partial charge is 0.135 e. The van der Waals surface area contributed by atoms with Crippen LogP contribution in [-0.2, 0) is 5.41 Å². The van der Waals surface area contributed by atoms with E-state index in [0.29, 0.717) is 0 Å². The summed E-state index contributed by atoms with van der Waals surface area (Å²) in [7, 11) is 0. The predicted molar refractivity (Wildman–Crippen MR) is 181 cm³/mol. The lowest BCUT2D eigenvalue weighted by molar-refractivity contribution is 0.660. The normalized spacial score (nSPS) is 13.8. The Morgan fingerprint density at radius 1 is 0.390 bits per heavy atom. The van der Waals surface area contributed by atoms with Crippen LogP contribution in [0, 0.1) is 0 Å². The molecule has 0 amide bonds. The van der Waals surface area contributed by atoms with E-state index in [4.69, 9.17) is 0 Å². The summed E-state index contributed by atoms with van der Waals surface area (Å²) in [5.41, 5.74) is 10.6. The van der Waals surface area contributed by atoms with Gasteiger partial charge in [0.15, 0.2) is 0 Å². The van der Waals surface area contributed by atoms with Gasteiger partial charge in [0.05, 0.1) is 0 Å². The second kappa shape index (κ2) is 8.39. The van der Waals surface area contributed by atoms with Crippen LogP contribution in [0.5, 0.6) is 0 Å². The molecule has 0 unspecified atom stereocenters. The Labute approximate surface area is 247 Å². The van der Waals surface area contributed by atoms with Gasteiger partial charge < -0.3 is 0 Å². The van der Waals surface area contributed by atoms with Crippen LogP contribution in [0.15, 0.2) is 121 Å². The van der Waals surface area contributed by atoms with E-state index in [2.05, 4.69) is 135 Å². The minimum absolute atomic E-state index is 0.0250. The van der Waals surface area contributed by atoms with Crippen molar-refractivity contribution in [1.29, 1.82) is 0 Å². The van der Waals surface area contributed by atoms with E-state index in [-0.39, 0.29) is 5.41 Å². The molecule has 9 rings (SSSR count). The molecule has 0 aliphatic heterocycles. The van der Waals surface area contributed by atoms with E-state index in [0.717, 1.165) is 0 Å². The average Bonchev–Trinajstić information content (AvgIpc) is 3.64. The molecule has 0 nitrogen and oxygen atoms in total. The van der Waals surface area contributed by atoms with Crippen molar-refractivity contribution in [1.82, 2.24) is 0 Å². The Hall–Kier alpha value is -4.24. The second-order valence-corrected chi connectivity index (χ2v) is 13.9. The third-order valence-electron chi connectivity index (χ3n) is 9.10. The van der Waals surface area contributed by atoms with Gasteiger partial charge in [-0.2, -0.15) is 0 Å². The molecule has 2 aromatic heterocycles. The standard InChI is InChI=1S/C39H26S2/c1-39(2)33-15-11-23(25-13-17-37-31(21-25)27-7-3-5-9-35(27)40-37)19-29(33)30-20-24(12-16-34(30)39)26-14-18-38-32(22-26)28-8-4-6-10-36(28)41-38/h3-22H,1-2H3. The number of thiophene rings is 2. The summed E-state index contributed by atoms with van der Waals surface area (Å²) in [6.07, 6.45) is 0. The van der Waals surface area contributed by atoms with Crippen molar-refractivity contribution in [3.8, 4) is 33.4 Å². The second-order valence-electron chi connectivity index (χ2n) is 11.8. The Kier molecular flexibility index (Phi) is 4.80. The summed E-state index contributed by atoms with van der Waals surface area (Å²) in [4.78, 5) is 0. The first-order chi connectivity index (χ1) is 20.0. The summed E-state index contributed by atoms with van der Waals surface area (Å²) < 4.78 is 5.40. The Morgan fingerprint density at radius 2 is 0.780 bits per heavy atom. The maximum atomic E-state index is 2.43. The van der Waals surface area contributed by atoms with Crippen LogP contribution in [0.2, 0.25) is 0 Å². The predicted octanol–water partition coefficient (Wildman–Crippen LogP) is 12.1. The van der Waals surface area contributed by atoms with Crippen molar-refractivity contribution in [2.75, 3.05) is 0 Å². The fourth-order valence-electron chi connectivity index (χ4n) is 6.94. The van der Waals surface area contributed by atoms with Crippen LogP contribution in [0.1, 0.15) is 25.0 Å². The van der Waals surface area contributed by atoms with Crippen LogP contribution < -0.4 is 0 Å². The van der Waals surface area contributed by atoms with Gasteiger partial charge in [-0.1, -0.05) is 86.6 Å². The zero-order valence-electron chi connectivity index (χ0n) is 22.9. The molecule has 0 spiro atoms. The molecule has 2 heteroatoms. The lowest BCUT2D eigenvalue weighted by Gasteiger charge is -2.21. The van der Waals surface area contributed by atoms with E-state index < -0.39 is 0 Å². The minimum Gasteiger partial charge on any atom is -0.135 e. The zero-order chi connectivity index (χ0) is 27.3. The lowest BCUT2D eigenvalue weighted by Crippen LogP contribution is -2.14. The first-order valence-corrected chi connectivity index (χ1v) is 15.8. The van der Waals surface area contributed by atoms with E-state index in [1.165, 1.54) is 84.9 Å². The Bertz CT molecular complexity index is 2180. The van der Waals surface area contributed by atoms with Gasteiger partial charge in [-0.15, -0.1) is 22.7 Å². The number of hydrogen-bond acceptors (Lipinski definition) is 2. The first-order valence-electron chi connectivity index (χ1n) is 14.2. The molecule has 0 fully saturated rings. The fourth-order valence-corrected chi connectivity index (χ4v) is 9.11. The molecule has 0 radical (unpaired) electrons. The molecule has 0 atom stereocenters. The van der Waals surface area contributed by atoms with Gasteiger partial charge in [-0.3, -0.25) is 0 Å². The SMILES string of the molecule is CC1(C)c2ccc(-c3ccc4sc5ccccc5c4c3)cc2-c2cc(-c3ccc4sc5ccccc5c4c3)ccc21. The van der Waals surface area contributed by atoms with Crippen LogP contribution >= 0.6 is 22.7 Å². The molecule has 0 saturated heterocycles. The molecule has 1 aliphatic carbocycles. The van der Waals surface area contributed by atoms with Gasteiger partial charge >= 0.3 is 0 Å². The topological polar surface area (TPSA) is 0 Å². The molecule has 41 heavy (non-hydrogen) atoms. The van der Waals surface area contributed by atoms with Crippen molar-refractivity contribution in [2.24, 2.45) is 0 Å². The van der Waals surface area contributed by atoms with Gasteiger partial charge in [0, 0.05) is 45.8 Å². The number of rotatable bonds is 2. The van der Waals surface area contributed by atoms with E-state index >= 15 is 0 Å². The Balaban J connectivity index is 1.19. The summed E-state index contributed by atoms with van der Waals surface area (Å²) in [5.74, 6) is 0. The molecule has 8 aromatic rings. The molecule has 1 aliphatic rings. The number of fused-ring (bicyclic) bond motifs is 9. The van der Waals surface area contributed by atoms with Crippen molar-refractivity contribution in [3.63, 3.8) is 0 Å². The maximum absolute atomic E-state index is 2.43. The molecule has 6 aromatic carbocycles. The van der Waals surface area contributed by atoms with Crippen molar-refractivity contribution in [2.45, 2.75) is 19.3 Å². The molecule has 2 heterocycles. The van der Waals surface area contributed by atoms with E-state index in [9.17, 15) is 0 Å². The average molecular weight is 559 g/mol. The quantitative estimate of drug-likeness (QED) is 0.198. The van der Waals surface area contributed by atoms with Gasteiger partial charge in [0.25, 0.3) is 0 Å². The zero-order valence-corrected chi connectivity index (χ0v) is 24.5. The summed E-state index contributed by atoms with van der Waals surface area (Å²) in [6.45, 7) is 4.73. The first kappa shape index (κ1) is 23.5. The molecule has 0 N–H and O–H groups in total. The molecular formula is C39H26S2. The van der Waals surface area contributed by atoms with E-state index in [1.807, 2.05) is 22.7 Å². The number of benzene rings is 6. The Morgan fingerprint density at radius 3 is 1.27 bits per heavy atom. The highest BCUT2D eigenvalue weighted by atomic mass is 32.1. The molecule has 0 saturated carbocycles. The third-order valence-corrected chi connectivity index (χ3v) is 11.4. The van der Waals surface area contributed by atoms with Crippen LogP contribution in [0.3, 0.4) is 0 Å². The van der Waals surface area contributed by atoms with Crippen molar-refractivity contribution in [3.05, 3.63) is 132 Å². The summed E-state index contributed by atoms with van der Waals surface area (Å²) in [5, 5.41) is 5.40. The summed E-state index contributed by atoms with van der Waals surface area (Å²) >= 11 is 3.76. The van der Waals surface area contributed by atoms with Crippen molar-refractivity contribution < 1.29 is 0 Å². The minimum atomic E-state index is -0.0250. The van der Waals surface area contributed by atoms with Gasteiger partial charge in [-0.05, 0) is 93.0 Å². The molecule has 194 valence electrons. The van der Waals surface area contributed by atoms with Crippen LogP contribution in [-0.4, -0.2) is 0 Å².